The van der Waals surface area contributed by atoms with Crippen LogP contribution in [-0.2, 0) is 27.3 Å². The molecule has 156 valence electrons. The monoisotopic (exact) mass is 407 g/mol. The summed E-state index contributed by atoms with van der Waals surface area (Å²) in [5.41, 5.74) is 1.18. The average Bonchev–Trinajstić information content (AvgIpc) is 2.73. The number of ether oxygens (including phenoxy) is 3. The summed E-state index contributed by atoms with van der Waals surface area (Å²) in [7, 11) is 4.26. The molecule has 0 aliphatic rings. The van der Waals surface area contributed by atoms with E-state index in [1.807, 2.05) is 0 Å². The first kappa shape index (κ1) is 22.1. The number of aryl methyl sites for hydroxylation is 1. The molecule has 6 nitrogen and oxygen atoms in total. The second-order valence-electron chi connectivity index (χ2n) is 6.30. The summed E-state index contributed by atoms with van der Waals surface area (Å²) >= 11 is 0. The van der Waals surface area contributed by atoms with Crippen molar-refractivity contribution < 1.29 is 32.6 Å². The van der Waals surface area contributed by atoms with Gasteiger partial charge in [-0.15, -0.1) is 0 Å². The number of methoxy groups -OCH3 is 3. The van der Waals surface area contributed by atoms with Crippen molar-refractivity contribution in [2.45, 2.75) is 19.4 Å². The third kappa shape index (κ3) is 6.44. The van der Waals surface area contributed by atoms with Gasteiger partial charge in [-0.1, -0.05) is 6.07 Å². The molecule has 0 radical (unpaired) electrons. The lowest BCUT2D eigenvalue weighted by atomic mass is 10.1. The first-order valence-electron chi connectivity index (χ1n) is 8.86. The molecule has 8 heteroatoms. The summed E-state index contributed by atoms with van der Waals surface area (Å²) in [5, 5.41) is 0. The standard InChI is InChI=1S/C21H23F2NO5/c1-27-16-8-15(9-17(11-16)28-2)12-24(13-21(26)29-3)20(25)7-5-14-4-6-18(22)19(23)10-14/h4,6,8-11H,5,7,12-13H2,1-3H3. The van der Waals surface area contributed by atoms with E-state index in [0.29, 0.717) is 22.6 Å². The zero-order valence-electron chi connectivity index (χ0n) is 16.5. The minimum atomic E-state index is -0.968. The van der Waals surface area contributed by atoms with Crippen molar-refractivity contribution in [3.05, 3.63) is 59.2 Å². The molecule has 0 spiro atoms. The minimum absolute atomic E-state index is 0.0170. The summed E-state index contributed by atoms with van der Waals surface area (Å²) in [4.78, 5) is 25.8. The molecule has 0 saturated heterocycles. The molecule has 0 aliphatic heterocycles. The van der Waals surface area contributed by atoms with Gasteiger partial charge in [0.1, 0.15) is 18.0 Å². The maximum absolute atomic E-state index is 13.4. The Morgan fingerprint density at radius 2 is 1.55 bits per heavy atom. The number of rotatable bonds is 9. The quantitative estimate of drug-likeness (QED) is 0.598. The normalized spacial score (nSPS) is 10.4. The van der Waals surface area contributed by atoms with Crippen LogP contribution < -0.4 is 9.47 Å². The molecule has 29 heavy (non-hydrogen) atoms. The summed E-state index contributed by atoms with van der Waals surface area (Å²) < 4.78 is 41.5. The van der Waals surface area contributed by atoms with Gasteiger partial charge in [-0.3, -0.25) is 9.59 Å². The van der Waals surface area contributed by atoms with E-state index in [4.69, 9.17) is 9.47 Å². The molecular weight excluding hydrogens is 384 g/mol. The van der Waals surface area contributed by atoms with E-state index in [2.05, 4.69) is 4.74 Å². The van der Waals surface area contributed by atoms with E-state index in [1.165, 1.54) is 32.3 Å². The van der Waals surface area contributed by atoms with Crippen LogP contribution in [0.15, 0.2) is 36.4 Å². The van der Waals surface area contributed by atoms with Crippen LogP contribution >= 0.6 is 0 Å². The second-order valence-corrected chi connectivity index (χ2v) is 6.30. The minimum Gasteiger partial charge on any atom is -0.497 e. The van der Waals surface area contributed by atoms with Gasteiger partial charge in [-0.25, -0.2) is 8.78 Å². The van der Waals surface area contributed by atoms with Gasteiger partial charge < -0.3 is 19.1 Å². The van der Waals surface area contributed by atoms with Crippen molar-refractivity contribution in [2.75, 3.05) is 27.9 Å². The van der Waals surface area contributed by atoms with E-state index in [9.17, 15) is 18.4 Å². The SMILES string of the molecule is COC(=O)CN(Cc1cc(OC)cc(OC)c1)C(=O)CCc1ccc(F)c(F)c1. The Balaban J connectivity index is 2.15. The number of benzene rings is 2. The molecule has 0 saturated carbocycles. The smallest absolute Gasteiger partial charge is 0.325 e. The Kier molecular flexibility index (Phi) is 7.94. The Morgan fingerprint density at radius 3 is 2.10 bits per heavy atom. The van der Waals surface area contributed by atoms with Crippen molar-refractivity contribution in [1.29, 1.82) is 0 Å². The highest BCUT2D eigenvalue weighted by atomic mass is 19.2. The molecule has 0 aliphatic carbocycles. The number of esters is 1. The summed E-state index contributed by atoms with van der Waals surface area (Å²) in [6.45, 7) is -0.119. The van der Waals surface area contributed by atoms with Gasteiger partial charge in [0, 0.05) is 19.0 Å². The van der Waals surface area contributed by atoms with Crippen LogP contribution in [0.3, 0.4) is 0 Å². The fraction of sp³-hybridized carbons (Fsp3) is 0.333. The lowest BCUT2D eigenvalue weighted by molar-refractivity contribution is -0.147. The van der Waals surface area contributed by atoms with Crippen molar-refractivity contribution in [3.63, 3.8) is 0 Å². The molecule has 2 rings (SSSR count). The van der Waals surface area contributed by atoms with Gasteiger partial charge in [0.15, 0.2) is 11.6 Å². The van der Waals surface area contributed by atoms with Crippen LogP contribution in [0.2, 0.25) is 0 Å². The summed E-state index contributed by atoms with van der Waals surface area (Å²) in [6, 6.07) is 8.65. The summed E-state index contributed by atoms with van der Waals surface area (Å²) in [6.07, 6.45) is 0.221. The number of halogens is 2. The highest BCUT2D eigenvalue weighted by Gasteiger charge is 2.19. The van der Waals surface area contributed by atoms with Crippen molar-refractivity contribution in [2.24, 2.45) is 0 Å². The topological polar surface area (TPSA) is 65.1 Å². The summed E-state index contributed by atoms with van der Waals surface area (Å²) in [5.74, 6) is -1.72. The zero-order chi connectivity index (χ0) is 21.4. The van der Waals surface area contributed by atoms with Crippen molar-refractivity contribution in [3.8, 4) is 11.5 Å². The van der Waals surface area contributed by atoms with E-state index in [-0.39, 0.29) is 31.8 Å². The van der Waals surface area contributed by atoms with Gasteiger partial charge in [-0.05, 0) is 41.8 Å². The van der Waals surface area contributed by atoms with Gasteiger partial charge in [0.25, 0.3) is 0 Å². The largest absolute Gasteiger partial charge is 0.497 e. The Hall–Kier alpha value is -3.16. The van der Waals surface area contributed by atoms with Crippen molar-refractivity contribution in [1.82, 2.24) is 4.90 Å². The fourth-order valence-corrected chi connectivity index (χ4v) is 2.74. The highest BCUT2D eigenvalue weighted by molar-refractivity contribution is 5.82. The Bertz CT molecular complexity index is 850. The maximum atomic E-state index is 13.4. The van der Waals surface area contributed by atoms with Gasteiger partial charge in [0.05, 0.1) is 21.3 Å². The molecule has 0 fully saturated rings. The molecule has 1 amide bonds. The third-order valence-electron chi connectivity index (χ3n) is 4.30. The van der Waals surface area contributed by atoms with Crippen LogP contribution in [-0.4, -0.2) is 44.7 Å². The van der Waals surface area contributed by atoms with Crippen LogP contribution in [0.4, 0.5) is 8.78 Å². The first-order valence-corrected chi connectivity index (χ1v) is 8.86. The number of carbonyl (C=O) groups excluding carboxylic acids is 2. The van der Waals surface area contributed by atoms with Gasteiger partial charge in [0.2, 0.25) is 5.91 Å². The average molecular weight is 407 g/mol. The number of hydrogen-bond acceptors (Lipinski definition) is 5. The fourth-order valence-electron chi connectivity index (χ4n) is 2.74. The molecule has 0 aromatic heterocycles. The van der Waals surface area contributed by atoms with Crippen LogP contribution in [0.5, 0.6) is 11.5 Å². The van der Waals surface area contributed by atoms with E-state index in [0.717, 1.165) is 12.1 Å². The third-order valence-corrected chi connectivity index (χ3v) is 4.30. The predicted molar refractivity (Wildman–Crippen MR) is 102 cm³/mol. The molecule has 0 heterocycles. The number of amides is 1. The zero-order valence-corrected chi connectivity index (χ0v) is 16.5. The molecule has 2 aromatic carbocycles. The van der Waals surface area contributed by atoms with E-state index >= 15 is 0 Å². The van der Waals surface area contributed by atoms with Crippen molar-refractivity contribution >= 4 is 11.9 Å². The van der Waals surface area contributed by atoms with Gasteiger partial charge in [-0.2, -0.15) is 0 Å². The Morgan fingerprint density at radius 1 is 0.897 bits per heavy atom. The van der Waals surface area contributed by atoms with Gasteiger partial charge >= 0.3 is 5.97 Å². The van der Waals surface area contributed by atoms with E-state index in [1.54, 1.807) is 18.2 Å². The molecule has 2 aromatic rings. The number of carbonyl (C=O) groups is 2. The van der Waals surface area contributed by atoms with E-state index < -0.39 is 17.6 Å². The maximum Gasteiger partial charge on any atom is 0.325 e. The van der Waals surface area contributed by atoms with Crippen LogP contribution in [0.1, 0.15) is 17.5 Å². The lowest BCUT2D eigenvalue weighted by Gasteiger charge is -2.22. The Labute approximate surface area is 168 Å². The van der Waals surface area contributed by atoms with Crippen LogP contribution in [0, 0.1) is 11.6 Å². The predicted octanol–water partition coefficient (Wildman–Crippen LogP) is 3.12. The number of hydrogen-bond donors (Lipinski definition) is 0. The molecule has 0 bridgehead atoms. The number of nitrogens with zero attached hydrogens (tertiary/aromatic N) is 1. The first-order chi connectivity index (χ1) is 13.9. The lowest BCUT2D eigenvalue weighted by Crippen LogP contribution is -2.35. The molecular formula is C21H23F2NO5. The second kappa shape index (κ2) is 10.4. The molecule has 0 unspecified atom stereocenters. The molecule has 0 N–H and O–H groups in total. The highest BCUT2D eigenvalue weighted by Crippen LogP contribution is 2.24. The molecule has 0 atom stereocenters. The van der Waals surface area contributed by atoms with Crippen LogP contribution in [0.25, 0.3) is 0 Å².